The van der Waals surface area contributed by atoms with Gasteiger partial charge in [-0.2, -0.15) is 4.52 Å². The van der Waals surface area contributed by atoms with E-state index in [0.29, 0.717) is 18.1 Å². The number of aromatic nitrogens is 5. The van der Waals surface area contributed by atoms with E-state index < -0.39 is 0 Å². The Hall–Kier alpha value is -2.28. The molecule has 0 aliphatic heterocycles. The summed E-state index contributed by atoms with van der Waals surface area (Å²) in [4.78, 5) is 4.56. The Bertz CT molecular complexity index is 695. The van der Waals surface area contributed by atoms with Crippen LogP contribution in [0.1, 0.15) is 6.42 Å². The van der Waals surface area contributed by atoms with Crippen LogP contribution in [0.5, 0.6) is 0 Å². The molecule has 0 saturated carbocycles. The molecule has 1 N–H and O–H groups in total. The predicted octanol–water partition coefficient (Wildman–Crippen LogP) is 1.12. The Kier molecular flexibility index (Phi) is 3.20. The minimum atomic E-state index is 0.635. The number of fused-ring (bicyclic) bond motifs is 3. The van der Waals surface area contributed by atoms with Gasteiger partial charge in [-0.15, -0.1) is 5.10 Å². The SMILES string of the molecule is COCCCNc1nc2ccccc2n2nnnc12. The van der Waals surface area contributed by atoms with Crippen LogP contribution in [0.4, 0.5) is 5.82 Å². The summed E-state index contributed by atoms with van der Waals surface area (Å²) in [5, 5.41) is 15.0. The smallest absolute Gasteiger partial charge is 0.222 e. The fourth-order valence-corrected chi connectivity index (χ4v) is 1.95. The van der Waals surface area contributed by atoms with Crippen molar-refractivity contribution in [2.45, 2.75) is 6.42 Å². The van der Waals surface area contributed by atoms with Crippen molar-refractivity contribution >= 4 is 22.5 Å². The largest absolute Gasteiger partial charge is 0.385 e. The number of methoxy groups -OCH3 is 1. The molecule has 2 aromatic heterocycles. The molecule has 19 heavy (non-hydrogen) atoms. The molecule has 0 aliphatic carbocycles. The van der Waals surface area contributed by atoms with Crippen molar-refractivity contribution in [1.29, 1.82) is 0 Å². The normalized spacial score (nSPS) is 11.2. The number of hydrogen-bond acceptors (Lipinski definition) is 6. The molecule has 2 heterocycles. The van der Waals surface area contributed by atoms with Gasteiger partial charge in [0.2, 0.25) is 5.65 Å². The Morgan fingerprint density at radius 1 is 1.32 bits per heavy atom. The Morgan fingerprint density at radius 3 is 3.11 bits per heavy atom. The van der Waals surface area contributed by atoms with Crippen molar-refractivity contribution in [2.24, 2.45) is 0 Å². The second-order valence-corrected chi connectivity index (χ2v) is 4.14. The van der Waals surface area contributed by atoms with Gasteiger partial charge in [0.25, 0.3) is 0 Å². The van der Waals surface area contributed by atoms with Gasteiger partial charge in [0.1, 0.15) is 0 Å². The molecule has 0 radical (unpaired) electrons. The Labute approximate surface area is 109 Å². The van der Waals surface area contributed by atoms with Crippen LogP contribution in [-0.4, -0.2) is 45.3 Å². The summed E-state index contributed by atoms with van der Waals surface area (Å²) in [5.41, 5.74) is 2.39. The second kappa shape index (κ2) is 5.15. The van der Waals surface area contributed by atoms with E-state index in [1.807, 2.05) is 24.3 Å². The Balaban J connectivity index is 1.99. The van der Waals surface area contributed by atoms with Crippen molar-refractivity contribution in [2.75, 3.05) is 25.6 Å². The maximum absolute atomic E-state index is 5.02. The van der Waals surface area contributed by atoms with E-state index in [-0.39, 0.29) is 0 Å². The van der Waals surface area contributed by atoms with Crippen LogP contribution < -0.4 is 5.32 Å². The van der Waals surface area contributed by atoms with Gasteiger partial charge in [0.05, 0.1) is 11.0 Å². The van der Waals surface area contributed by atoms with Crippen LogP contribution in [0.2, 0.25) is 0 Å². The quantitative estimate of drug-likeness (QED) is 0.691. The van der Waals surface area contributed by atoms with E-state index >= 15 is 0 Å². The zero-order chi connectivity index (χ0) is 13.1. The third-order valence-corrected chi connectivity index (χ3v) is 2.84. The number of benzene rings is 1. The molecule has 0 aliphatic rings. The monoisotopic (exact) mass is 258 g/mol. The van der Waals surface area contributed by atoms with Gasteiger partial charge >= 0.3 is 0 Å². The topological polar surface area (TPSA) is 77.2 Å². The van der Waals surface area contributed by atoms with E-state index in [4.69, 9.17) is 4.74 Å². The van der Waals surface area contributed by atoms with Gasteiger partial charge in [0.15, 0.2) is 5.82 Å². The first-order valence-corrected chi connectivity index (χ1v) is 6.10. The van der Waals surface area contributed by atoms with E-state index in [1.165, 1.54) is 0 Å². The van der Waals surface area contributed by atoms with Crippen molar-refractivity contribution in [3.8, 4) is 0 Å². The highest BCUT2D eigenvalue weighted by Crippen LogP contribution is 2.18. The van der Waals surface area contributed by atoms with Gasteiger partial charge in [-0.25, -0.2) is 4.98 Å². The molecular formula is C12H14N6O. The highest BCUT2D eigenvalue weighted by Gasteiger charge is 2.10. The molecule has 0 saturated heterocycles. The van der Waals surface area contributed by atoms with Gasteiger partial charge in [-0.05, 0) is 29.0 Å². The average Bonchev–Trinajstić information content (AvgIpc) is 2.93. The van der Waals surface area contributed by atoms with Crippen LogP contribution in [0.15, 0.2) is 24.3 Å². The van der Waals surface area contributed by atoms with Crippen molar-refractivity contribution in [1.82, 2.24) is 25.0 Å². The highest BCUT2D eigenvalue weighted by atomic mass is 16.5. The summed E-state index contributed by atoms with van der Waals surface area (Å²) in [6, 6.07) is 7.77. The standard InChI is InChI=1S/C12H14N6O/c1-19-8-4-7-13-11-12-15-16-17-18(12)10-6-3-2-5-9(10)14-11/h2-3,5-6H,4,7-8H2,1H3,(H,13,14). The molecule has 98 valence electrons. The molecule has 7 nitrogen and oxygen atoms in total. The number of nitrogens with zero attached hydrogens (tertiary/aromatic N) is 5. The zero-order valence-corrected chi connectivity index (χ0v) is 10.6. The molecule has 3 rings (SSSR count). The van der Waals surface area contributed by atoms with Crippen LogP contribution in [0.25, 0.3) is 16.7 Å². The van der Waals surface area contributed by atoms with Crippen molar-refractivity contribution in [3.05, 3.63) is 24.3 Å². The second-order valence-electron chi connectivity index (χ2n) is 4.14. The maximum Gasteiger partial charge on any atom is 0.222 e. The first-order valence-electron chi connectivity index (χ1n) is 6.10. The van der Waals surface area contributed by atoms with E-state index in [1.54, 1.807) is 11.6 Å². The lowest BCUT2D eigenvalue weighted by Gasteiger charge is -2.07. The Morgan fingerprint density at radius 2 is 2.21 bits per heavy atom. The summed E-state index contributed by atoms with van der Waals surface area (Å²) >= 11 is 0. The number of rotatable bonds is 5. The predicted molar refractivity (Wildman–Crippen MR) is 71.1 cm³/mol. The maximum atomic E-state index is 5.02. The number of anilines is 1. The molecule has 0 bridgehead atoms. The van der Waals surface area contributed by atoms with E-state index in [0.717, 1.165) is 24.0 Å². The number of ether oxygens (including phenoxy) is 1. The fraction of sp³-hybridized carbons (Fsp3) is 0.333. The summed E-state index contributed by atoms with van der Waals surface area (Å²) in [6.07, 6.45) is 0.902. The van der Waals surface area contributed by atoms with Crippen LogP contribution >= 0.6 is 0 Å². The summed E-state index contributed by atoms with van der Waals surface area (Å²) in [6.45, 7) is 1.48. The minimum absolute atomic E-state index is 0.635. The molecule has 0 amide bonds. The van der Waals surface area contributed by atoms with E-state index in [9.17, 15) is 0 Å². The molecule has 0 unspecified atom stereocenters. The fourth-order valence-electron chi connectivity index (χ4n) is 1.95. The van der Waals surface area contributed by atoms with Crippen LogP contribution in [0, 0.1) is 0 Å². The number of nitrogens with one attached hydrogen (secondary N) is 1. The molecule has 1 aromatic carbocycles. The van der Waals surface area contributed by atoms with Gasteiger partial charge in [0, 0.05) is 20.3 Å². The van der Waals surface area contributed by atoms with Crippen LogP contribution in [-0.2, 0) is 4.74 Å². The van der Waals surface area contributed by atoms with E-state index in [2.05, 4.69) is 25.8 Å². The van der Waals surface area contributed by atoms with Crippen molar-refractivity contribution < 1.29 is 4.74 Å². The average molecular weight is 258 g/mol. The van der Waals surface area contributed by atoms with Gasteiger partial charge in [-0.1, -0.05) is 12.1 Å². The van der Waals surface area contributed by atoms with Crippen molar-refractivity contribution in [3.63, 3.8) is 0 Å². The first kappa shape index (κ1) is 11.8. The molecular weight excluding hydrogens is 244 g/mol. The number of hydrogen-bond donors (Lipinski definition) is 1. The van der Waals surface area contributed by atoms with Gasteiger partial charge in [-0.3, -0.25) is 0 Å². The lowest BCUT2D eigenvalue weighted by atomic mass is 10.3. The summed E-state index contributed by atoms with van der Waals surface area (Å²) in [5.74, 6) is 0.694. The zero-order valence-electron chi connectivity index (χ0n) is 10.6. The number of tetrazole rings is 1. The summed E-state index contributed by atoms with van der Waals surface area (Å²) in [7, 11) is 1.69. The minimum Gasteiger partial charge on any atom is -0.385 e. The van der Waals surface area contributed by atoms with Crippen LogP contribution in [0.3, 0.4) is 0 Å². The lowest BCUT2D eigenvalue weighted by Crippen LogP contribution is -2.08. The molecule has 0 fully saturated rings. The first-order chi connectivity index (χ1) is 9.40. The third kappa shape index (κ3) is 2.19. The number of para-hydroxylation sites is 2. The molecule has 0 atom stereocenters. The lowest BCUT2D eigenvalue weighted by molar-refractivity contribution is 0.198. The molecule has 7 heteroatoms. The highest BCUT2D eigenvalue weighted by molar-refractivity contribution is 5.81. The third-order valence-electron chi connectivity index (χ3n) is 2.84. The van der Waals surface area contributed by atoms with Gasteiger partial charge < -0.3 is 10.1 Å². The summed E-state index contributed by atoms with van der Waals surface area (Å²) < 4.78 is 6.71. The molecule has 0 spiro atoms. The molecule has 3 aromatic rings.